The number of urea groups is 1. The number of nitrogens with zero attached hydrogens (tertiary/aromatic N) is 7. The van der Waals surface area contributed by atoms with Gasteiger partial charge >= 0.3 is 30.4 Å². The van der Waals surface area contributed by atoms with E-state index in [4.69, 9.17) is 9.47 Å². The molecule has 1 fully saturated rings. The summed E-state index contributed by atoms with van der Waals surface area (Å²) in [6.45, 7) is 10.9. The highest BCUT2D eigenvalue weighted by atomic mass is 32.1. The van der Waals surface area contributed by atoms with Crippen molar-refractivity contribution in [2.75, 3.05) is 84.2 Å². The molecule has 556 valence electrons. The number of ether oxygens (including phenoxy) is 5. The number of thiazole rings is 2. The number of hydrogen-bond donors (Lipinski definition) is 9. The van der Waals surface area contributed by atoms with Crippen LogP contribution >= 0.6 is 68.0 Å². The summed E-state index contributed by atoms with van der Waals surface area (Å²) in [5, 5.41) is 30.4. The lowest BCUT2D eigenvalue weighted by Gasteiger charge is -2.28. The molecule has 9 N–H and O–H groups in total. The van der Waals surface area contributed by atoms with Crippen LogP contribution in [0.25, 0.3) is 26.1 Å². The quantitative estimate of drug-likeness (QED) is 0.0382. The Hall–Kier alpha value is -11.9. The zero-order valence-electron chi connectivity index (χ0n) is 57.1. The fraction of sp³-hybridized carbons (Fsp3) is 0.235. The molecule has 0 aliphatic carbocycles. The van der Waals surface area contributed by atoms with Gasteiger partial charge in [0.05, 0.1) is 94.3 Å². The molecule has 2 aliphatic heterocycles. The third-order valence-electron chi connectivity index (χ3n) is 14.7. The minimum atomic E-state index is -0.843. The molecular weight excluding hydrogens is 1510 g/mol. The number of amides is 13. The van der Waals surface area contributed by atoms with Crippen LogP contribution in [0.4, 0.5) is 54.8 Å². The second-order valence-electron chi connectivity index (χ2n) is 21.9. The number of benzene rings is 1. The standard InChI is InChI=1S/C19H19N5O5S2.C17H15N3O4S.C16H14N4O4S2.C16H18N4O4S/c1-2-29-19(27)23-15(25)12-3-8-30-17(12)22-16(26)18-21-14-13(31-18)9-11(10-20-14)24-4-6-28-7-5-24;1-2-24-17(23)19-15(22)13-6-8-25-16(13)18-14(21)11-9-12-5-3-4-7-20(12)10-11;1-2-24-16(23)18-12(21)9-7-8-25-13(9)19-14(22)20-15-17-10-5-3-4-6-11(10)26-15;1-2-24-16(23)19-13(21)10-6-8-25-15(10)18-14(22)11-9-20-7-4-3-5-12(20)17-11/h3,8-10H,2,4-7H2,1H3,(H,22,26)(H,23,25,27);3-10H,2H2,1H3,(H,18,21)(H,19,22,23);3-8H,2H2,1H3,(H,18,21,23)(H2,17,19,20,22);6,8-9H,2-5,7H2,1H3,(H,18,22)(H,19,21,23). The highest BCUT2D eigenvalue weighted by Gasteiger charge is 2.26. The summed E-state index contributed by atoms with van der Waals surface area (Å²) < 4.78 is 29.7. The van der Waals surface area contributed by atoms with Crippen LogP contribution in [0.3, 0.4) is 0 Å². The van der Waals surface area contributed by atoms with Crippen molar-refractivity contribution >= 4 is 197 Å². The Kier molecular flexibility index (Phi) is 27.4. The summed E-state index contributed by atoms with van der Waals surface area (Å²) >= 11 is 7.29. The number of para-hydroxylation sites is 1. The molecule has 1 aromatic carbocycles. The molecule has 0 radical (unpaired) electrons. The maximum absolute atomic E-state index is 12.7. The van der Waals surface area contributed by atoms with Gasteiger partial charge in [0, 0.05) is 50.2 Å². The van der Waals surface area contributed by atoms with Crippen LogP contribution in [-0.4, -0.2) is 153 Å². The Bertz CT molecular complexity index is 4990. The number of carbonyl (C=O) groups excluding carboxylic acids is 12. The van der Waals surface area contributed by atoms with Gasteiger partial charge in [-0.1, -0.05) is 29.5 Å². The van der Waals surface area contributed by atoms with Gasteiger partial charge in [0.2, 0.25) is 0 Å². The summed E-state index contributed by atoms with van der Waals surface area (Å²) in [7, 11) is 0. The molecule has 12 heterocycles. The van der Waals surface area contributed by atoms with Crippen molar-refractivity contribution in [2.24, 2.45) is 0 Å². The lowest BCUT2D eigenvalue weighted by atomic mass is 10.2. The third kappa shape index (κ3) is 21.2. The molecule has 0 spiro atoms. The van der Waals surface area contributed by atoms with E-state index < -0.39 is 59.9 Å². The topological polar surface area (TPSA) is 423 Å². The number of alkyl carbamates (subject to hydrolysis) is 4. The van der Waals surface area contributed by atoms with Crippen LogP contribution in [0.1, 0.15) is 118 Å². The third-order valence-corrected chi connectivity index (χ3v) is 20.0. The van der Waals surface area contributed by atoms with Crippen molar-refractivity contribution in [3.63, 3.8) is 0 Å². The van der Waals surface area contributed by atoms with Crippen molar-refractivity contribution in [1.29, 1.82) is 0 Å². The molecule has 0 atom stereocenters. The van der Waals surface area contributed by atoms with E-state index in [1.807, 2.05) is 63.7 Å². The second-order valence-corrected chi connectivity index (χ2v) is 27.6. The molecule has 0 unspecified atom stereocenters. The van der Waals surface area contributed by atoms with Crippen LogP contribution < -0.4 is 52.8 Å². The van der Waals surface area contributed by atoms with Gasteiger partial charge < -0.3 is 53.5 Å². The normalized spacial score (nSPS) is 12.0. The maximum Gasteiger partial charge on any atom is 0.414 e. The molecule has 13 rings (SSSR count). The van der Waals surface area contributed by atoms with E-state index in [0.29, 0.717) is 55.3 Å². The van der Waals surface area contributed by atoms with Gasteiger partial charge in [0.1, 0.15) is 31.5 Å². The molecule has 39 heteroatoms. The van der Waals surface area contributed by atoms with Gasteiger partial charge in [-0.05, 0) is 123 Å². The minimum Gasteiger partial charge on any atom is -0.450 e. The second kappa shape index (κ2) is 37.7. The molecule has 33 nitrogen and oxygen atoms in total. The highest BCUT2D eigenvalue weighted by Crippen LogP contribution is 2.32. The van der Waals surface area contributed by atoms with Crippen molar-refractivity contribution in [3.8, 4) is 0 Å². The number of nitrogens with one attached hydrogen (secondary N) is 9. The number of aryl methyl sites for hydroxylation is 2. The number of morpholine rings is 1. The van der Waals surface area contributed by atoms with Crippen molar-refractivity contribution in [3.05, 3.63) is 170 Å². The van der Waals surface area contributed by atoms with E-state index >= 15 is 0 Å². The Morgan fingerprint density at radius 1 is 0.495 bits per heavy atom. The molecule has 2 aliphatic rings. The summed E-state index contributed by atoms with van der Waals surface area (Å²) in [6, 6.07) is 22.4. The number of anilines is 6. The van der Waals surface area contributed by atoms with Crippen molar-refractivity contribution < 1.29 is 81.2 Å². The number of hydrogen-bond acceptors (Lipinski definition) is 28. The van der Waals surface area contributed by atoms with Gasteiger partial charge in [0.15, 0.2) is 15.8 Å². The van der Waals surface area contributed by atoms with Crippen LogP contribution in [-0.2, 0) is 36.6 Å². The van der Waals surface area contributed by atoms with Crippen LogP contribution in [0.15, 0.2) is 125 Å². The lowest BCUT2D eigenvalue weighted by Crippen LogP contribution is -2.36. The van der Waals surface area contributed by atoms with E-state index in [2.05, 4.69) is 86.9 Å². The minimum absolute atomic E-state index is 0.144. The number of aromatic nitrogens is 6. The molecule has 11 aromatic rings. The van der Waals surface area contributed by atoms with E-state index in [0.717, 1.165) is 82.2 Å². The van der Waals surface area contributed by atoms with E-state index in [-0.39, 0.29) is 65.5 Å². The number of carbonyl (C=O) groups is 12. The molecule has 0 saturated carbocycles. The van der Waals surface area contributed by atoms with Gasteiger partial charge in [-0.25, -0.2) is 43.9 Å². The zero-order chi connectivity index (χ0) is 75.9. The van der Waals surface area contributed by atoms with Crippen molar-refractivity contribution in [1.82, 2.24) is 50.2 Å². The Balaban J connectivity index is 0.000000153. The smallest absolute Gasteiger partial charge is 0.414 e. The van der Waals surface area contributed by atoms with Crippen molar-refractivity contribution in [2.45, 2.75) is 53.5 Å². The Morgan fingerprint density at radius 3 is 1.53 bits per heavy atom. The number of imidazole rings is 1. The van der Waals surface area contributed by atoms with Gasteiger partial charge in [-0.3, -0.25) is 65.5 Å². The predicted octanol–water partition coefficient (Wildman–Crippen LogP) is 12.2. The average Bonchev–Trinajstić information content (AvgIpc) is 1.68. The fourth-order valence-electron chi connectivity index (χ4n) is 9.91. The van der Waals surface area contributed by atoms with Crippen LogP contribution in [0.5, 0.6) is 0 Å². The Labute approximate surface area is 631 Å². The number of thiophene rings is 4. The summed E-state index contributed by atoms with van der Waals surface area (Å²) in [5.41, 5.74) is 4.66. The number of rotatable bonds is 17. The molecule has 0 bridgehead atoms. The predicted molar refractivity (Wildman–Crippen MR) is 404 cm³/mol. The molecule has 107 heavy (non-hydrogen) atoms. The van der Waals surface area contributed by atoms with Crippen LogP contribution in [0, 0.1) is 0 Å². The molecule has 13 amide bonds. The largest absolute Gasteiger partial charge is 0.450 e. The molecule has 1 saturated heterocycles. The number of imide groups is 4. The van der Waals surface area contributed by atoms with Gasteiger partial charge in [-0.15, -0.1) is 56.7 Å². The molecule has 10 aromatic heterocycles. The summed E-state index contributed by atoms with van der Waals surface area (Å²) in [6.07, 6.45) is 6.70. The van der Waals surface area contributed by atoms with E-state index in [1.165, 1.54) is 80.9 Å². The average molecular weight is 1570 g/mol. The first kappa shape index (κ1) is 77.7. The first-order valence-electron chi connectivity index (χ1n) is 32.6. The first-order chi connectivity index (χ1) is 51.8. The number of pyridine rings is 2. The van der Waals surface area contributed by atoms with Gasteiger partial charge in [-0.2, -0.15) is 0 Å². The van der Waals surface area contributed by atoms with E-state index in [1.54, 1.807) is 73.9 Å². The monoisotopic (exact) mass is 1570 g/mol. The summed E-state index contributed by atoms with van der Waals surface area (Å²) in [4.78, 5) is 163. The number of fused-ring (bicyclic) bond motifs is 4. The fourth-order valence-corrected chi connectivity index (χ4v) is 14.7. The van der Waals surface area contributed by atoms with E-state index in [9.17, 15) is 57.5 Å². The maximum atomic E-state index is 12.7. The lowest BCUT2D eigenvalue weighted by molar-refractivity contribution is 0.0912. The highest BCUT2D eigenvalue weighted by molar-refractivity contribution is 7.22. The summed E-state index contributed by atoms with van der Waals surface area (Å²) in [5.74, 6) is -2.83. The zero-order valence-corrected chi connectivity index (χ0v) is 62.0. The first-order valence-corrected chi connectivity index (χ1v) is 37.7. The Morgan fingerprint density at radius 2 is 1.01 bits per heavy atom. The van der Waals surface area contributed by atoms with Gasteiger partial charge in [0.25, 0.3) is 41.4 Å². The SMILES string of the molecule is CCOC(=O)NC(=O)c1ccsc1NC(=O)Nc1nc2ccccc2s1.CCOC(=O)NC(=O)c1ccsc1NC(=O)c1cc2ccccn2c1.CCOC(=O)NC(=O)c1ccsc1NC(=O)c1cn2c(n1)CCCC2.CCOC(=O)NC(=O)c1ccsc1NC(=O)c1nc2ncc(N3CCOCC3)cc2s1. The molecular formula is C68H66N16O17S6. The van der Waals surface area contributed by atoms with Crippen LogP contribution in [0.2, 0.25) is 0 Å².